The summed E-state index contributed by atoms with van der Waals surface area (Å²) in [5, 5.41) is 13.4. The highest BCUT2D eigenvalue weighted by Gasteiger charge is 2.27. The standard InChI is InChI=1S/C25H29N5O2/c1-29(16-18-7-5-11-26-18)25(32)23-22(30-12-2-3-13-30)15-27-21-10-9-20(28-24(21)23)17-6-4-8-19(31)14-17/h4,6,8-10,14-15,18,26,31H,2-3,5,7,11-13,16H2,1H3/t18-/m0/s1. The number of phenols is 1. The van der Waals surface area contributed by atoms with Gasteiger partial charge in [0.1, 0.15) is 11.3 Å². The van der Waals surface area contributed by atoms with Gasteiger partial charge in [0.2, 0.25) is 0 Å². The SMILES string of the molecule is CN(C[C@@H]1CCCN1)C(=O)c1c(N2CCCC2)cnc2ccc(-c3cccc(O)c3)nc12. The first kappa shape index (κ1) is 20.7. The number of phenolic OH excluding ortho intramolecular Hbond substituents is 1. The van der Waals surface area contributed by atoms with Crippen molar-refractivity contribution in [1.82, 2.24) is 20.2 Å². The second kappa shape index (κ2) is 8.74. The highest BCUT2D eigenvalue weighted by molar-refractivity contribution is 6.09. The van der Waals surface area contributed by atoms with Crippen molar-refractivity contribution >= 4 is 22.6 Å². The third kappa shape index (κ3) is 4.00. The molecule has 2 fully saturated rings. The second-order valence-corrected chi connectivity index (χ2v) is 8.81. The van der Waals surface area contributed by atoms with Crippen LogP contribution in [0, 0.1) is 0 Å². The quantitative estimate of drug-likeness (QED) is 0.644. The molecule has 4 heterocycles. The molecule has 0 spiro atoms. The molecule has 2 aliphatic heterocycles. The van der Waals surface area contributed by atoms with Gasteiger partial charge in [-0.3, -0.25) is 9.78 Å². The average molecular weight is 432 g/mol. The van der Waals surface area contributed by atoms with Gasteiger partial charge in [-0.15, -0.1) is 0 Å². The first-order valence-electron chi connectivity index (χ1n) is 11.4. The lowest BCUT2D eigenvalue weighted by Crippen LogP contribution is -2.39. The zero-order valence-corrected chi connectivity index (χ0v) is 18.4. The number of amides is 1. The first-order valence-corrected chi connectivity index (χ1v) is 11.4. The van der Waals surface area contributed by atoms with Crippen LogP contribution in [0.15, 0.2) is 42.6 Å². The van der Waals surface area contributed by atoms with E-state index in [-0.39, 0.29) is 11.7 Å². The highest BCUT2D eigenvalue weighted by atomic mass is 16.3. The van der Waals surface area contributed by atoms with Gasteiger partial charge in [-0.05, 0) is 56.5 Å². The molecule has 3 aromatic rings. The zero-order valence-electron chi connectivity index (χ0n) is 18.4. The van der Waals surface area contributed by atoms with Gasteiger partial charge in [0.15, 0.2) is 0 Å². The van der Waals surface area contributed by atoms with Gasteiger partial charge >= 0.3 is 0 Å². The van der Waals surface area contributed by atoms with Crippen molar-refractivity contribution in [3.8, 4) is 17.0 Å². The Morgan fingerprint density at radius 1 is 1.22 bits per heavy atom. The molecule has 2 aromatic heterocycles. The second-order valence-electron chi connectivity index (χ2n) is 8.81. The lowest BCUT2D eigenvalue weighted by molar-refractivity contribution is 0.0786. The largest absolute Gasteiger partial charge is 0.508 e. The molecule has 1 amide bonds. The molecule has 0 aliphatic carbocycles. The Hall–Kier alpha value is -3.19. The number of fused-ring (bicyclic) bond motifs is 1. The minimum Gasteiger partial charge on any atom is -0.508 e. The molecule has 7 nitrogen and oxygen atoms in total. The van der Waals surface area contributed by atoms with Crippen molar-refractivity contribution in [2.75, 3.05) is 38.1 Å². The van der Waals surface area contributed by atoms with Crippen LogP contribution >= 0.6 is 0 Å². The van der Waals surface area contributed by atoms with E-state index in [1.54, 1.807) is 18.2 Å². The third-order valence-corrected chi connectivity index (χ3v) is 6.50. The predicted octanol–water partition coefficient (Wildman–Crippen LogP) is 3.43. The van der Waals surface area contributed by atoms with Gasteiger partial charge in [-0.1, -0.05) is 12.1 Å². The van der Waals surface area contributed by atoms with Gasteiger partial charge in [0.05, 0.1) is 28.7 Å². The lowest BCUT2D eigenvalue weighted by Gasteiger charge is -2.26. The highest BCUT2D eigenvalue weighted by Crippen LogP contribution is 2.32. The average Bonchev–Trinajstić information content (AvgIpc) is 3.52. The minimum absolute atomic E-state index is 0.0199. The molecule has 2 saturated heterocycles. The number of rotatable bonds is 5. The van der Waals surface area contributed by atoms with Crippen molar-refractivity contribution in [3.63, 3.8) is 0 Å². The van der Waals surface area contributed by atoms with Crippen LogP contribution in [0.5, 0.6) is 5.75 Å². The number of anilines is 1. The van der Waals surface area contributed by atoms with Crippen LogP contribution < -0.4 is 10.2 Å². The van der Waals surface area contributed by atoms with Gasteiger partial charge < -0.3 is 20.2 Å². The molecular formula is C25H29N5O2. The fourth-order valence-corrected chi connectivity index (χ4v) is 4.81. The number of carbonyl (C=O) groups excluding carboxylic acids is 1. The number of carbonyl (C=O) groups is 1. The predicted molar refractivity (Wildman–Crippen MR) is 126 cm³/mol. The van der Waals surface area contributed by atoms with Gasteiger partial charge in [0, 0.05) is 38.3 Å². The molecule has 0 radical (unpaired) electrons. The van der Waals surface area contributed by atoms with Crippen LogP contribution in [0.3, 0.4) is 0 Å². The van der Waals surface area contributed by atoms with E-state index in [9.17, 15) is 9.90 Å². The summed E-state index contributed by atoms with van der Waals surface area (Å²) in [7, 11) is 1.88. The smallest absolute Gasteiger partial charge is 0.258 e. The number of nitrogens with zero attached hydrogens (tertiary/aromatic N) is 4. The topological polar surface area (TPSA) is 81.6 Å². The maximum absolute atomic E-state index is 13.8. The Labute approximate surface area is 188 Å². The summed E-state index contributed by atoms with van der Waals surface area (Å²) in [6.07, 6.45) is 6.30. The third-order valence-electron chi connectivity index (χ3n) is 6.50. The number of aromatic nitrogens is 2. The Morgan fingerprint density at radius 3 is 2.81 bits per heavy atom. The van der Waals surface area contributed by atoms with Crippen LogP contribution in [-0.4, -0.2) is 65.2 Å². The normalized spacial score (nSPS) is 18.4. The molecule has 2 aliphatic rings. The first-order chi connectivity index (χ1) is 15.6. The molecule has 2 N–H and O–H groups in total. The van der Waals surface area contributed by atoms with Crippen molar-refractivity contribution in [2.24, 2.45) is 0 Å². The van der Waals surface area contributed by atoms with E-state index in [1.165, 1.54) is 0 Å². The summed E-state index contributed by atoms with van der Waals surface area (Å²) < 4.78 is 0. The molecular weight excluding hydrogens is 402 g/mol. The van der Waals surface area contributed by atoms with Crippen LogP contribution in [-0.2, 0) is 0 Å². The molecule has 5 rings (SSSR count). The van der Waals surface area contributed by atoms with Gasteiger partial charge in [-0.25, -0.2) is 4.98 Å². The monoisotopic (exact) mass is 431 g/mol. The van der Waals surface area contributed by atoms with Crippen LogP contribution in [0.1, 0.15) is 36.0 Å². The lowest BCUT2D eigenvalue weighted by atomic mass is 10.1. The van der Waals surface area contributed by atoms with E-state index in [1.807, 2.05) is 36.3 Å². The summed E-state index contributed by atoms with van der Waals surface area (Å²) in [4.78, 5) is 27.4. The molecule has 1 aromatic carbocycles. The maximum atomic E-state index is 13.8. The molecule has 32 heavy (non-hydrogen) atoms. The van der Waals surface area contributed by atoms with Crippen molar-refractivity contribution in [3.05, 3.63) is 48.2 Å². The van der Waals surface area contributed by atoms with E-state index in [0.29, 0.717) is 34.9 Å². The van der Waals surface area contributed by atoms with E-state index in [0.717, 1.165) is 56.6 Å². The van der Waals surface area contributed by atoms with E-state index < -0.39 is 0 Å². The molecule has 0 saturated carbocycles. The molecule has 0 bridgehead atoms. The number of pyridine rings is 2. The van der Waals surface area contributed by atoms with Gasteiger partial charge in [-0.2, -0.15) is 0 Å². The van der Waals surface area contributed by atoms with Crippen LogP contribution in [0.2, 0.25) is 0 Å². The Kier molecular flexibility index (Phi) is 5.66. The summed E-state index contributed by atoms with van der Waals surface area (Å²) in [6.45, 7) is 3.54. The molecule has 166 valence electrons. The fraction of sp³-hybridized carbons (Fsp3) is 0.400. The van der Waals surface area contributed by atoms with Crippen molar-refractivity contribution < 1.29 is 9.90 Å². The number of aromatic hydroxyl groups is 1. The minimum atomic E-state index is -0.0199. The molecule has 7 heteroatoms. The Bertz CT molecular complexity index is 1140. The summed E-state index contributed by atoms with van der Waals surface area (Å²) in [5.41, 5.74) is 4.33. The number of hydrogen-bond acceptors (Lipinski definition) is 6. The maximum Gasteiger partial charge on any atom is 0.258 e. The van der Waals surface area contributed by atoms with E-state index in [2.05, 4.69) is 15.2 Å². The summed E-state index contributed by atoms with van der Waals surface area (Å²) in [6, 6.07) is 11.2. The zero-order chi connectivity index (χ0) is 22.1. The number of hydrogen-bond donors (Lipinski definition) is 2. The van der Waals surface area contributed by atoms with E-state index >= 15 is 0 Å². The number of benzene rings is 1. The van der Waals surface area contributed by atoms with Crippen LogP contribution in [0.4, 0.5) is 5.69 Å². The number of likely N-dealkylation sites (N-methyl/N-ethyl adjacent to an activating group) is 1. The van der Waals surface area contributed by atoms with E-state index in [4.69, 9.17) is 4.98 Å². The summed E-state index contributed by atoms with van der Waals surface area (Å²) >= 11 is 0. The number of nitrogens with one attached hydrogen (secondary N) is 1. The van der Waals surface area contributed by atoms with Crippen LogP contribution in [0.25, 0.3) is 22.3 Å². The Morgan fingerprint density at radius 2 is 2.06 bits per heavy atom. The van der Waals surface area contributed by atoms with Crippen molar-refractivity contribution in [1.29, 1.82) is 0 Å². The fourth-order valence-electron chi connectivity index (χ4n) is 4.81. The molecule has 1 atom stereocenters. The Balaban J connectivity index is 1.61. The molecule has 0 unspecified atom stereocenters. The summed E-state index contributed by atoms with van der Waals surface area (Å²) in [5.74, 6) is 0.169. The van der Waals surface area contributed by atoms with Crippen molar-refractivity contribution in [2.45, 2.75) is 31.7 Å². The van der Waals surface area contributed by atoms with Gasteiger partial charge in [0.25, 0.3) is 5.91 Å².